The van der Waals surface area contributed by atoms with E-state index in [2.05, 4.69) is 15.5 Å². The molecule has 0 aliphatic carbocycles. The zero-order valence-corrected chi connectivity index (χ0v) is 15.4. The zero-order valence-electron chi connectivity index (χ0n) is 15.4. The van der Waals surface area contributed by atoms with Crippen molar-refractivity contribution >= 4 is 16.8 Å². The fourth-order valence-electron chi connectivity index (χ4n) is 5.06. The Kier molecular flexibility index (Phi) is 3.81. The zero-order chi connectivity index (χ0) is 18.5. The molecule has 138 valence electrons. The van der Waals surface area contributed by atoms with Crippen LogP contribution in [0.3, 0.4) is 0 Å². The molecular formula is C23H23FN2O. The van der Waals surface area contributed by atoms with Gasteiger partial charge in [-0.2, -0.15) is 0 Å². The number of benzene rings is 2. The summed E-state index contributed by atoms with van der Waals surface area (Å²) in [6, 6.07) is 15.6. The number of amides is 1. The van der Waals surface area contributed by atoms with Gasteiger partial charge in [0.2, 0.25) is 0 Å². The average Bonchev–Trinajstić information content (AvgIpc) is 3.18. The van der Waals surface area contributed by atoms with Crippen molar-refractivity contribution in [3.8, 4) is 0 Å². The maximum absolute atomic E-state index is 13.3. The highest BCUT2D eigenvalue weighted by molar-refractivity contribution is 5.98. The lowest BCUT2D eigenvalue weighted by molar-refractivity contribution is 0.0571. The van der Waals surface area contributed by atoms with Gasteiger partial charge >= 0.3 is 0 Å². The lowest BCUT2D eigenvalue weighted by Crippen LogP contribution is -2.46. The fraction of sp³-hybridized carbons (Fsp3) is 0.348. The summed E-state index contributed by atoms with van der Waals surface area (Å²) in [5.41, 5.74) is 3.07. The first-order chi connectivity index (χ1) is 13.1. The monoisotopic (exact) mass is 362 g/mol. The maximum atomic E-state index is 13.3. The Labute approximate surface area is 158 Å². The molecule has 2 fully saturated rings. The van der Waals surface area contributed by atoms with Crippen molar-refractivity contribution in [2.45, 2.75) is 43.7 Å². The molecule has 1 unspecified atom stereocenters. The molecule has 4 heteroatoms. The van der Waals surface area contributed by atoms with Crippen LogP contribution in [0.25, 0.3) is 10.9 Å². The van der Waals surface area contributed by atoms with Crippen molar-refractivity contribution in [1.82, 2.24) is 9.47 Å². The Hall–Kier alpha value is -2.62. The molecule has 0 spiro atoms. The number of rotatable bonds is 2. The maximum Gasteiger partial charge on any atom is 0.254 e. The van der Waals surface area contributed by atoms with Gasteiger partial charge in [0.05, 0.1) is 0 Å². The number of carbonyl (C=O) groups is 1. The van der Waals surface area contributed by atoms with Crippen molar-refractivity contribution in [2.75, 3.05) is 0 Å². The van der Waals surface area contributed by atoms with Crippen LogP contribution in [-0.2, 0) is 7.05 Å². The number of hydrogen-bond acceptors (Lipinski definition) is 1. The topological polar surface area (TPSA) is 25.2 Å². The highest BCUT2D eigenvalue weighted by Gasteiger charge is 2.43. The molecule has 3 nitrogen and oxygen atoms in total. The van der Waals surface area contributed by atoms with Crippen molar-refractivity contribution in [3.63, 3.8) is 0 Å². The minimum atomic E-state index is -0.189. The Morgan fingerprint density at radius 1 is 1.00 bits per heavy atom. The molecular weight excluding hydrogens is 339 g/mol. The molecule has 3 atom stereocenters. The molecule has 0 N–H and O–H groups in total. The van der Waals surface area contributed by atoms with Crippen molar-refractivity contribution in [3.05, 3.63) is 71.7 Å². The average molecular weight is 362 g/mol. The standard InChI is InChI=1S/C23H23FN2O/c1-25-11-10-16-2-3-17(14-22(16)25)23(27)26-20-8-9-21(26)13-18(12-20)15-4-6-19(24)7-5-15/h2-7,10-11,14,18,20-21H,8-9,12-13H2,1H3/t18?,20-,21+. The third-order valence-corrected chi connectivity index (χ3v) is 6.44. The predicted octanol–water partition coefficient (Wildman–Crippen LogP) is 4.87. The Morgan fingerprint density at radius 2 is 1.70 bits per heavy atom. The number of carbonyl (C=O) groups excluding carboxylic acids is 1. The van der Waals surface area contributed by atoms with E-state index >= 15 is 0 Å². The molecule has 3 heterocycles. The predicted molar refractivity (Wildman–Crippen MR) is 104 cm³/mol. The van der Waals surface area contributed by atoms with Crippen LogP contribution >= 0.6 is 0 Å². The van der Waals surface area contributed by atoms with Crippen molar-refractivity contribution in [2.24, 2.45) is 7.05 Å². The van der Waals surface area contributed by atoms with E-state index in [9.17, 15) is 9.18 Å². The number of halogens is 1. The Balaban J connectivity index is 1.40. The van der Waals surface area contributed by atoms with Crippen molar-refractivity contribution < 1.29 is 9.18 Å². The summed E-state index contributed by atoms with van der Waals surface area (Å²) in [6.07, 6.45) is 6.11. The summed E-state index contributed by atoms with van der Waals surface area (Å²) in [5.74, 6) is 0.385. The summed E-state index contributed by atoms with van der Waals surface area (Å²) < 4.78 is 15.3. The molecule has 1 aromatic heterocycles. The van der Waals surface area contributed by atoms with Gasteiger partial charge in [0.25, 0.3) is 5.91 Å². The number of piperidine rings is 1. The first-order valence-corrected chi connectivity index (χ1v) is 9.73. The fourth-order valence-corrected chi connectivity index (χ4v) is 5.06. The third kappa shape index (κ3) is 2.75. The molecule has 1 amide bonds. The van der Waals surface area contributed by atoms with E-state index in [0.29, 0.717) is 5.92 Å². The molecule has 5 rings (SSSR count). The van der Waals surface area contributed by atoms with Crippen LogP contribution in [0, 0.1) is 5.82 Å². The number of aryl methyl sites for hydroxylation is 1. The van der Waals surface area contributed by atoms with Gasteiger partial charge in [-0.3, -0.25) is 4.79 Å². The van der Waals surface area contributed by atoms with Gasteiger partial charge in [-0.05, 0) is 72.9 Å². The second kappa shape index (κ2) is 6.22. The molecule has 2 aromatic carbocycles. The van der Waals surface area contributed by atoms with Crippen LogP contribution in [0.2, 0.25) is 0 Å². The number of hydrogen-bond donors (Lipinski definition) is 0. The van der Waals surface area contributed by atoms with E-state index in [1.807, 2.05) is 43.6 Å². The van der Waals surface area contributed by atoms with Gasteiger partial charge < -0.3 is 9.47 Å². The Bertz CT molecular complexity index is 993. The quantitative estimate of drug-likeness (QED) is 0.639. The molecule has 2 aliphatic rings. The summed E-state index contributed by atoms with van der Waals surface area (Å²) in [6.45, 7) is 0. The molecule has 2 aliphatic heterocycles. The van der Waals surface area contributed by atoms with Crippen LogP contribution in [-0.4, -0.2) is 27.5 Å². The number of nitrogens with zero attached hydrogens (tertiary/aromatic N) is 2. The molecule has 0 saturated carbocycles. The van der Waals surface area contributed by atoms with Gasteiger partial charge in [-0.1, -0.05) is 18.2 Å². The van der Waals surface area contributed by atoms with E-state index in [-0.39, 0.29) is 23.8 Å². The first kappa shape index (κ1) is 16.5. The Morgan fingerprint density at radius 3 is 2.41 bits per heavy atom. The van der Waals surface area contributed by atoms with Crippen LogP contribution in [0.1, 0.15) is 47.5 Å². The molecule has 0 radical (unpaired) electrons. The number of aromatic nitrogens is 1. The van der Waals surface area contributed by atoms with Crippen LogP contribution in [0.15, 0.2) is 54.7 Å². The molecule has 27 heavy (non-hydrogen) atoms. The minimum absolute atomic E-state index is 0.156. The van der Waals surface area contributed by atoms with Crippen LogP contribution < -0.4 is 0 Å². The molecule has 2 bridgehead atoms. The van der Waals surface area contributed by atoms with Gasteiger partial charge in [0.15, 0.2) is 0 Å². The number of fused-ring (bicyclic) bond motifs is 3. The second-order valence-electron chi connectivity index (χ2n) is 8.02. The molecule has 3 aromatic rings. The van der Waals surface area contributed by atoms with Gasteiger partial charge in [0.1, 0.15) is 5.82 Å². The van der Waals surface area contributed by atoms with Crippen LogP contribution in [0.4, 0.5) is 4.39 Å². The SMILES string of the molecule is Cn1ccc2ccc(C(=O)N3[C@@H]4CC[C@H]3CC(c3ccc(F)cc3)C4)cc21. The van der Waals surface area contributed by atoms with Crippen LogP contribution in [0.5, 0.6) is 0 Å². The minimum Gasteiger partial charge on any atom is -0.351 e. The van der Waals surface area contributed by atoms with Crippen molar-refractivity contribution in [1.29, 1.82) is 0 Å². The molecule has 2 saturated heterocycles. The summed E-state index contributed by atoms with van der Waals surface area (Å²) >= 11 is 0. The van der Waals surface area contributed by atoms with E-state index < -0.39 is 0 Å². The summed E-state index contributed by atoms with van der Waals surface area (Å²) in [4.78, 5) is 15.4. The third-order valence-electron chi connectivity index (χ3n) is 6.44. The van der Waals surface area contributed by atoms with E-state index in [1.54, 1.807) is 12.1 Å². The first-order valence-electron chi connectivity index (χ1n) is 9.73. The van der Waals surface area contributed by atoms with E-state index in [0.717, 1.165) is 42.1 Å². The largest absolute Gasteiger partial charge is 0.351 e. The summed E-state index contributed by atoms with van der Waals surface area (Å²) in [7, 11) is 2.01. The van der Waals surface area contributed by atoms with Gasteiger partial charge in [-0.25, -0.2) is 4.39 Å². The lowest BCUT2D eigenvalue weighted by atomic mass is 9.85. The lowest BCUT2D eigenvalue weighted by Gasteiger charge is -2.39. The van der Waals surface area contributed by atoms with E-state index in [4.69, 9.17) is 0 Å². The van der Waals surface area contributed by atoms with Gasteiger partial charge in [0, 0.05) is 36.4 Å². The normalized spacial score (nSPS) is 24.5. The van der Waals surface area contributed by atoms with Gasteiger partial charge in [-0.15, -0.1) is 0 Å². The smallest absolute Gasteiger partial charge is 0.254 e. The van der Waals surface area contributed by atoms with E-state index in [1.165, 1.54) is 5.56 Å². The summed E-state index contributed by atoms with van der Waals surface area (Å²) in [5, 5.41) is 1.16. The highest BCUT2D eigenvalue weighted by atomic mass is 19.1. The second-order valence-corrected chi connectivity index (χ2v) is 8.02. The highest BCUT2D eigenvalue weighted by Crippen LogP contribution is 2.43.